The predicted octanol–water partition coefficient (Wildman–Crippen LogP) is 0.939. The van der Waals surface area contributed by atoms with E-state index in [9.17, 15) is 4.79 Å². The molecule has 3 rings (SSSR count). The number of methoxy groups -OCH3 is 1. The molecule has 0 bridgehead atoms. The number of hydrogen-bond acceptors (Lipinski definition) is 7. The number of carbonyl (C=O) groups is 1. The highest BCUT2D eigenvalue weighted by atomic mass is 32.2. The van der Waals surface area contributed by atoms with Crippen LogP contribution in [0.1, 0.15) is 19.2 Å². The van der Waals surface area contributed by atoms with E-state index in [1.54, 1.807) is 18.1 Å². The fourth-order valence-electron chi connectivity index (χ4n) is 2.93. The third kappa shape index (κ3) is 3.00. The van der Waals surface area contributed by atoms with Gasteiger partial charge >= 0.3 is 5.97 Å². The second-order valence-electron chi connectivity index (χ2n) is 5.48. The van der Waals surface area contributed by atoms with Gasteiger partial charge in [-0.25, -0.2) is 9.78 Å². The summed E-state index contributed by atoms with van der Waals surface area (Å²) in [4.78, 5) is 23.2. The van der Waals surface area contributed by atoms with E-state index in [4.69, 9.17) is 4.74 Å². The van der Waals surface area contributed by atoms with Crippen LogP contribution in [0.2, 0.25) is 0 Å². The van der Waals surface area contributed by atoms with Gasteiger partial charge in [0.2, 0.25) is 0 Å². The summed E-state index contributed by atoms with van der Waals surface area (Å²) in [6.45, 7) is 3.22. The minimum Gasteiger partial charge on any atom is -0.466 e. The highest BCUT2D eigenvalue weighted by Gasteiger charge is 2.37. The number of ether oxygens (including phenoxy) is 1. The third-order valence-electron chi connectivity index (χ3n) is 4.01. The van der Waals surface area contributed by atoms with Crippen LogP contribution in [0.5, 0.6) is 0 Å². The van der Waals surface area contributed by atoms with Crippen molar-refractivity contribution in [3.63, 3.8) is 0 Å². The van der Waals surface area contributed by atoms with Crippen molar-refractivity contribution >= 4 is 23.8 Å². The molecule has 1 N–H and O–H groups in total. The highest BCUT2D eigenvalue weighted by Crippen LogP contribution is 2.31. The van der Waals surface area contributed by atoms with Crippen LogP contribution in [0.3, 0.4) is 0 Å². The van der Waals surface area contributed by atoms with Crippen LogP contribution in [0, 0.1) is 0 Å². The average molecular weight is 335 g/mol. The van der Waals surface area contributed by atoms with Gasteiger partial charge in [-0.2, -0.15) is 0 Å². The lowest BCUT2D eigenvalue weighted by molar-refractivity contribution is -0.136. The van der Waals surface area contributed by atoms with E-state index >= 15 is 0 Å². The number of aryl methyl sites for hydroxylation is 1. The van der Waals surface area contributed by atoms with E-state index in [1.807, 2.05) is 17.8 Å². The van der Waals surface area contributed by atoms with E-state index < -0.39 is 0 Å². The molecule has 1 atom stereocenters. The van der Waals surface area contributed by atoms with Crippen LogP contribution in [0.25, 0.3) is 0 Å². The maximum atomic E-state index is 12.1. The summed E-state index contributed by atoms with van der Waals surface area (Å²) < 4.78 is 10.3. The van der Waals surface area contributed by atoms with E-state index in [2.05, 4.69) is 26.5 Å². The first-order chi connectivity index (χ1) is 11.2. The first kappa shape index (κ1) is 16.1. The van der Waals surface area contributed by atoms with Crippen molar-refractivity contribution in [1.29, 1.82) is 0 Å². The molecule has 1 aromatic rings. The van der Waals surface area contributed by atoms with Crippen LogP contribution in [-0.4, -0.2) is 58.2 Å². The van der Waals surface area contributed by atoms with Crippen LogP contribution < -0.4 is 4.72 Å². The van der Waals surface area contributed by atoms with Gasteiger partial charge in [-0.15, -0.1) is 0 Å². The molecular weight excluding hydrogens is 314 g/mol. The van der Waals surface area contributed by atoms with E-state index in [0.29, 0.717) is 12.1 Å². The summed E-state index contributed by atoms with van der Waals surface area (Å²) in [5, 5.41) is 0. The van der Waals surface area contributed by atoms with Crippen LogP contribution in [0.4, 0.5) is 0 Å². The van der Waals surface area contributed by atoms with Gasteiger partial charge in [0.25, 0.3) is 0 Å². The summed E-state index contributed by atoms with van der Waals surface area (Å²) >= 11 is 1.69. The van der Waals surface area contributed by atoms with Crippen molar-refractivity contribution in [3.05, 3.63) is 29.5 Å². The topological polar surface area (TPSA) is 71.7 Å². The molecule has 1 fully saturated rings. The molecule has 3 heterocycles. The summed E-state index contributed by atoms with van der Waals surface area (Å²) in [6, 6.07) is 0.276. The smallest absolute Gasteiger partial charge is 0.337 e. The monoisotopic (exact) mass is 335 g/mol. The number of imidazole rings is 1. The molecule has 8 heteroatoms. The maximum absolute atomic E-state index is 12.1. The molecular formula is C15H21N5O2S. The molecule has 23 heavy (non-hydrogen) atoms. The van der Waals surface area contributed by atoms with Gasteiger partial charge in [-0.05, 0) is 0 Å². The van der Waals surface area contributed by atoms with Gasteiger partial charge in [0.05, 0.1) is 19.2 Å². The zero-order valence-corrected chi connectivity index (χ0v) is 14.4. The Morgan fingerprint density at radius 1 is 1.57 bits per heavy atom. The minimum atomic E-state index is -0.295. The number of rotatable bonds is 5. The number of carbonyl (C=O) groups excluding carboxylic acids is 1. The Morgan fingerprint density at radius 3 is 3.04 bits per heavy atom. The number of amidine groups is 1. The SMILES string of the molecule is CCSNC1CC2=C(C(=O)OC)CN=C(c3nccn3C)N2C1. The molecule has 2 aliphatic rings. The molecule has 124 valence electrons. The standard InChI is InChI=1S/C15H21N5O2S/c1-4-23-18-10-7-12-11(15(21)22-3)8-17-14(20(12)9-10)13-16-5-6-19(13)2/h5-6,10,18H,4,7-9H2,1-3H3. The van der Waals surface area contributed by atoms with Crippen LogP contribution >= 0.6 is 11.9 Å². The lowest BCUT2D eigenvalue weighted by Gasteiger charge is -2.27. The molecule has 7 nitrogen and oxygen atoms in total. The molecule has 1 saturated heterocycles. The molecule has 0 saturated carbocycles. The lowest BCUT2D eigenvalue weighted by atomic mass is 10.1. The second-order valence-corrected chi connectivity index (χ2v) is 6.58. The highest BCUT2D eigenvalue weighted by molar-refractivity contribution is 7.97. The Kier molecular flexibility index (Phi) is 4.72. The van der Waals surface area contributed by atoms with Gasteiger partial charge in [0.15, 0.2) is 11.7 Å². The number of nitrogens with one attached hydrogen (secondary N) is 1. The zero-order chi connectivity index (χ0) is 16.4. The minimum absolute atomic E-state index is 0.276. The molecule has 1 unspecified atom stereocenters. The largest absolute Gasteiger partial charge is 0.466 e. The van der Waals surface area contributed by atoms with Crippen LogP contribution in [0.15, 0.2) is 28.7 Å². The number of hydrogen-bond donors (Lipinski definition) is 1. The van der Waals surface area contributed by atoms with Gasteiger partial charge in [0.1, 0.15) is 0 Å². The van der Waals surface area contributed by atoms with E-state index in [-0.39, 0.29) is 12.0 Å². The zero-order valence-electron chi connectivity index (χ0n) is 13.6. The molecule has 0 radical (unpaired) electrons. The molecule has 0 aliphatic carbocycles. The van der Waals surface area contributed by atoms with E-state index in [0.717, 1.165) is 36.1 Å². The van der Waals surface area contributed by atoms with Crippen molar-refractivity contribution in [2.45, 2.75) is 19.4 Å². The lowest BCUT2D eigenvalue weighted by Crippen LogP contribution is -2.37. The van der Waals surface area contributed by atoms with Crippen molar-refractivity contribution in [1.82, 2.24) is 19.2 Å². The number of nitrogens with zero attached hydrogens (tertiary/aromatic N) is 4. The third-order valence-corrected chi connectivity index (χ3v) is 4.80. The van der Waals surface area contributed by atoms with Gasteiger partial charge in [-0.1, -0.05) is 18.9 Å². The number of aliphatic imine (C=N–C) groups is 1. The normalized spacial score (nSPS) is 20.6. The number of esters is 1. The Labute approximate surface area is 139 Å². The fourth-order valence-corrected chi connectivity index (χ4v) is 3.49. The van der Waals surface area contributed by atoms with Crippen molar-refractivity contribution in [3.8, 4) is 0 Å². The molecule has 0 spiro atoms. The molecule has 0 amide bonds. The van der Waals surface area contributed by atoms with Gasteiger partial charge in [0, 0.05) is 49.9 Å². The summed E-state index contributed by atoms with van der Waals surface area (Å²) in [6.07, 6.45) is 4.45. The first-order valence-corrected chi connectivity index (χ1v) is 8.61. The second kappa shape index (κ2) is 6.76. The Bertz CT molecular complexity index is 667. The van der Waals surface area contributed by atoms with Crippen molar-refractivity contribution < 1.29 is 9.53 Å². The van der Waals surface area contributed by atoms with E-state index in [1.165, 1.54) is 7.11 Å². The van der Waals surface area contributed by atoms with Crippen molar-refractivity contribution in [2.24, 2.45) is 12.0 Å². The fraction of sp³-hybridized carbons (Fsp3) is 0.533. The predicted molar refractivity (Wildman–Crippen MR) is 90.0 cm³/mol. The van der Waals surface area contributed by atoms with Crippen molar-refractivity contribution in [2.75, 3.05) is 26.0 Å². The van der Waals surface area contributed by atoms with Crippen LogP contribution in [-0.2, 0) is 16.6 Å². The Hall–Kier alpha value is -1.80. The number of fused-ring (bicyclic) bond motifs is 1. The Morgan fingerprint density at radius 2 is 2.39 bits per heavy atom. The summed E-state index contributed by atoms with van der Waals surface area (Å²) in [5.41, 5.74) is 1.65. The van der Waals surface area contributed by atoms with Gasteiger partial charge in [-0.3, -0.25) is 9.71 Å². The quantitative estimate of drug-likeness (QED) is 0.638. The molecule has 1 aromatic heterocycles. The molecule has 2 aliphatic heterocycles. The summed E-state index contributed by atoms with van der Waals surface area (Å²) in [5.74, 6) is 2.34. The van der Waals surface area contributed by atoms with Gasteiger partial charge < -0.3 is 14.2 Å². The average Bonchev–Trinajstić information content (AvgIpc) is 3.17. The Balaban J connectivity index is 1.92. The molecule has 0 aromatic carbocycles. The summed E-state index contributed by atoms with van der Waals surface area (Å²) in [7, 11) is 3.36. The first-order valence-electron chi connectivity index (χ1n) is 7.63. The number of aromatic nitrogens is 2. The maximum Gasteiger partial charge on any atom is 0.337 e.